The molecule has 0 aromatic carbocycles. The largest absolute Gasteiger partial charge is 0.461 e. The highest BCUT2D eigenvalue weighted by Crippen LogP contribution is 2.36. The van der Waals surface area contributed by atoms with E-state index < -0.39 is 12.0 Å². The molecule has 1 fully saturated rings. The molecule has 1 saturated heterocycles. The number of likely N-dealkylation sites (tertiary alicyclic amines) is 1. The third-order valence-electron chi connectivity index (χ3n) is 6.77. The maximum atomic E-state index is 13.3. The molecule has 0 aliphatic carbocycles. The number of aryl methyl sites for hydroxylation is 1. The molecule has 1 amide bonds. The number of thiophene rings is 1. The molecule has 9 nitrogen and oxygen atoms in total. The Morgan fingerprint density at radius 3 is 2.76 bits per heavy atom. The topological polar surface area (TPSA) is 89.3 Å². The number of carbonyl (C=O) groups is 1. The van der Waals surface area contributed by atoms with Crippen molar-refractivity contribution in [1.82, 2.24) is 29.6 Å². The lowest BCUT2D eigenvalue weighted by molar-refractivity contribution is -0.147. The molecular formula is C24H30F3N7O2S. The van der Waals surface area contributed by atoms with Crippen LogP contribution in [0.15, 0.2) is 6.07 Å². The smallest absolute Gasteiger partial charge is 0.451 e. The molecule has 2 aliphatic heterocycles. The van der Waals surface area contributed by atoms with Crippen molar-refractivity contribution in [3.63, 3.8) is 0 Å². The van der Waals surface area contributed by atoms with Gasteiger partial charge < -0.3 is 19.1 Å². The average Bonchev–Trinajstić information content (AvgIpc) is 3.59. The third-order valence-corrected chi connectivity index (χ3v) is 7.86. The highest BCUT2D eigenvalue weighted by Gasteiger charge is 2.40. The Hall–Kier alpha value is -2.96. The summed E-state index contributed by atoms with van der Waals surface area (Å²) in [5, 5.41) is 8.05. The number of amides is 1. The predicted octanol–water partition coefficient (Wildman–Crippen LogP) is 4.44. The zero-order valence-electron chi connectivity index (χ0n) is 20.9. The molecule has 3 aromatic rings. The fourth-order valence-corrected chi connectivity index (χ4v) is 6.14. The summed E-state index contributed by atoms with van der Waals surface area (Å²) in [6.45, 7) is 5.70. The standard InChI is InChI=1S/C24H30F3N7O2S/c1-3-6-16-12-17-20(32-10-11-34-18(13-32)30-31-22(34)24(25,26)27)28-23(29-21(17)37-16)36-14-15-8-5-9-33(15)19(35)7-4-2/h12,15H,3-11,13-14H2,1-2H3/t15-/m0/s1. The lowest BCUT2D eigenvalue weighted by atomic mass is 10.2. The van der Waals surface area contributed by atoms with E-state index in [0.29, 0.717) is 25.4 Å². The maximum absolute atomic E-state index is 13.3. The van der Waals surface area contributed by atoms with Gasteiger partial charge in [0.15, 0.2) is 5.82 Å². The molecule has 0 bridgehead atoms. The van der Waals surface area contributed by atoms with Gasteiger partial charge in [-0.2, -0.15) is 23.1 Å². The van der Waals surface area contributed by atoms with Crippen molar-refractivity contribution in [1.29, 1.82) is 0 Å². The van der Waals surface area contributed by atoms with E-state index in [-0.39, 0.29) is 36.9 Å². The number of hydrogen-bond acceptors (Lipinski definition) is 8. The van der Waals surface area contributed by atoms with Crippen LogP contribution in [-0.4, -0.2) is 61.3 Å². The highest BCUT2D eigenvalue weighted by molar-refractivity contribution is 7.18. The number of halogens is 3. The summed E-state index contributed by atoms with van der Waals surface area (Å²) in [4.78, 5) is 27.6. The monoisotopic (exact) mass is 537 g/mol. The fourth-order valence-electron chi connectivity index (χ4n) is 5.03. The van der Waals surface area contributed by atoms with Crippen molar-refractivity contribution < 1.29 is 22.7 Å². The number of nitrogens with zero attached hydrogens (tertiary/aromatic N) is 7. The summed E-state index contributed by atoms with van der Waals surface area (Å²) >= 11 is 1.57. The highest BCUT2D eigenvalue weighted by atomic mass is 32.1. The van der Waals surface area contributed by atoms with E-state index in [1.165, 1.54) is 0 Å². The van der Waals surface area contributed by atoms with Crippen LogP contribution in [0.1, 0.15) is 62.5 Å². The molecule has 2 aliphatic rings. The molecule has 0 unspecified atom stereocenters. The van der Waals surface area contributed by atoms with Crippen LogP contribution in [0.5, 0.6) is 6.01 Å². The lowest BCUT2D eigenvalue weighted by Gasteiger charge is -2.29. The molecule has 5 heterocycles. The Bertz CT molecular complexity index is 1280. The van der Waals surface area contributed by atoms with Gasteiger partial charge in [-0.3, -0.25) is 4.79 Å². The zero-order valence-corrected chi connectivity index (χ0v) is 21.7. The molecule has 0 spiro atoms. The van der Waals surface area contributed by atoms with Gasteiger partial charge in [0.1, 0.15) is 17.3 Å². The van der Waals surface area contributed by atoms with Crippen molar-refractivity contribution in [3.05, 3.63) is 22.6 Å². The van der Waals surface area contributed by atoms with Crippen LogP contribution in [0.4, 0.5) is 19.0 Å². The van der Waals surface area contributed by atoms with Crippen LogP contribution in [0.25, 0.3) is 10.2 Å². The minimum atomic E-state index is -4.55. The van der Waals surface area contributed by atoms with E-state index in [1.807, 2.05) is 16.7 Å². The normalized spacial score (nSPS) is 18.0. The second-order valence-electron chi connectivity index (χ2n) is 9.47. The van der Waals surface area contributed by atoms with E-state index >= 15 is 0 Å². The quantitative estimate of drug-likeness (QED) is 0.420. The van der Waals surface area contributed by atoms with Gasteiger partial charge in [-0.05, 0) is 31.7 Å². The predicted molar refractivity (Wildman–Crippen MR) is 133 cm³/mol. The summed E-state index contributed by atoms with van der Waals surface area (Å²) in [7, 11) is 0. The van der Waals surface area contributed by atoms with Crippen molar-refractivity contribution in [2.45, 2.75) is 77.7 Å². The van der Waals surface area contributed by atoms with E-state index in [1.54, 1.807) is 11.3 Å². The Balaban J connectivity index is 1.41. The van der Waals surface area contributed by atoms with Crippen LogP contribution in [0.3, 0.4) is 0 Å². The van der Waals surface area contributed by atoms with E-state index in [2.05, 4.69) is 28.2 Å². The molecular weight excluding hydrogens is 507 g/mol. The second-order valence-corrected chi connectivity index (χ2v) is 10.6. The van der Waals surface area contributed by atoms with E-state index in [4.69, 9.17) is 9.72 Å². The Morgan fingerprint density at radius 1 is 1.16 bits per heavy atom. The van der Waals surface area contributed by atoms with Crippen LogP contribution in [-0.2, 0) is 30.5 Å². The Kier molecular flexibility index (Phi) is 7.24. The first-order valence-electron chi connectivity index (χ1n) is 12.8. The molecule has 37 heavy (non-hydrogen) atoms. The first-order valence-corrected chi connectivity index (χ1v) is 13.6. The number of hydrogen-bond donors (Lipinski definition) is 0. The van der Waals surface area contributed by atoms with Gasteiger partial charge in [0, 0.05) is 30.9 Å². The summed E-state index contributed by atoms with van der Waals surface area (Å²) in [6.07, 6.45) is 0.464. The van der Waals surface area contributed by atoms with Crippen molar-refractivity contribution >= 4 is 33.3 Å². The Morgan fingerprint density at radius 2 is 2.00 bits per heavy atom. The molecule has 13 heteroatoms. The number of aromatic nitrogens is 5. The maximum Gasteiger partial charge on any atom is 0.451 e. The molecule has 0 saturated carbocycles. The summed E-state index contributed by atoms with van der Waals surface area (Å²) in [6, 6.07) is 2.26. The number of ether oxygens (including phenoxy) is 1. The number of rotatable bonds is 8. The first-order chi connectivity index (χ1) is 17.8. The van der Waals surface area contributed by atoms with Crippen LogP contribution >= 0.6 is 11.3 Å². The van der Waals surface area contributed by atoms with Gasteiger partial charge >= 0.3 is 12.2 Å². The fraction of sp³-hybridized carbons (Fsp3) is 0.625. The van der Waals surface area contributed by atoms with Crippen molar-refractivity contribution in [2.75, 3.05) is 24.6 Å². The number of fused-ring (bicyclic) bond motifs is 2. The van der Waals surface area contributed by atoms with Gasteiger partial charge in [0.05, 0.1) is 18.0 Å². The lowest BCUT2D eigenvalue weighted by Crippen LogP contribution is -2.39. The Labute approximate surface area is 216 Å². The van der Waals surface area contributed by atoms with Crippen LogP contribution in [0.2, 0.25) is 0 Å². The summed E-state index contributed by atoms with van der Waals surface area (Å²) in [5.74, 6) is 0.0295. The first kappa shape index (κ1) is 25.7. The van der Waals surface area contributed by atoms with Crippen LogP contribution < -0.4 is 9.64 Å². The number of anilines is 1. The van der Waals surface area contributed by atoms with Gasteiger partial charge in [-0.25, -0.2) is 0 Å². The molecule has 1 atom stereocenters. The minimum Gasteiger partial charge on any atom is -0.461 e. The van der Waals surface area contributed by atoms with Gasteiger partial charge in [0.2, 0.25) is 11.7 Å². The minimum absolute atomic E-state index is 0.0184. The van der Waals surface area contributed by atoms with E-state index in [9.17, 15) is 18.0 Å². The number of alkyl halides is 3. The van der Waals surface area contributed by atoms with Crippen LogP contribution in [0, 0.1) is 0 Å². The second kappa shape index (κ2) is 10.4. The average molecular weight is 538 g/mol. The molecule has 5 rings (SSSR count). The molecule has 3 aromatic heterocycles. The van der Waals surface area contributed by atoms with Gasteiger partial charge in [-0.15, -0.1) is 21.5 Å². The summed E-state index contributed by atoms with van der Waals surface area (Å²) < 4.78 is 47.1. The van der Waals surface area contributed by atoms with E-state index in [0.717, 1.165) is 58.3 Å². The zero-order chi connectivity index (χ0) is 26.2. The van der Waals surface area contributed by atoms with Gasteiger partial charge in [0.25, 0.3) is 0 Å². The van der Waals surface area contributed by atoms with Gasteiger partial charge in [-0.1, -0.05) is 20.3 Å². The summed E-state index contributed by atoms with van der Waals surface area (Å²) in [5.41, 5.74) is 0. The number of carbonyl (C=O) groups excluding carboxylic acids is 1. The third kappa shape index (κ3) is 5.23. The molecule has 200 valence electrons. The van der Waals surface area contributed by atoms with Crippen molar-refractivity contribution in [2.24, 2.45) is 0 Å². The van der Waals surface area contributed by atoms with Crippen molar-refractivity contribution in [3.8, 4) is 6.01 Å². The molecule has 0 radical (unpaired) electrons. The SMILES string of the molecule is CCCC(=O)N1CCC[C@H]1COc1nc(N2CCn3c(nnc3C(F)(F)F)C2)c2cc(CCC)sc2n1. The molecule has 0 N–H and O–H groups in total.